The second-order valence-electron chi connectivity index (χ2n) is 5.29. The number of amides is 1. The van der Waals surface area contributed by atoms with Crippen LogP contribution in [0.15, 0.2) is 18.3 Å². The highest BCUT2D eigenvalue weighted by molar-refractivity contribution is 5.94. The van der Waals surface area contributed by atoms with Gasteiger partial charge in [0.15, 0.2) is 0 Å². The molecular weight excluding hydrogens is 252 g/mol. The van der Waals surface area contributed by atoms with Crippen molar-refractivity contribution >= 4 is 5.91 Å². The van der Waals surface area contributed by atoms with Crippen LogP contribution >= 0.6 is 0 Å². The van der Waals surface area contributed by atoms with Gasteiger partial charge in [0.2, 0.25) is 0 Å². The number of aromatic nitrogens is 1. The van der Waals surface area contributed by atoms with E-state index < -0.39 is 0 Å². The second-order valence-corrected chi connectivity index (χ2v) is 5.29. The fourth-order valence-electron chi connectivity index (χ4n) is 2.40. The van der Waals surface area contributed by atoms with E-state index in [1.807, 2.05) is 0 Å². The fraction of sp³-hybridized carbons (Fsp3) is 0.500. The van der Waals surface area contributed by atoms with Crippen LogP contribution in [-0.2, 0) is 0 Å². The van der Waals surface area contributed by atoms with Crippen LogP contribution in [0.5, 0.6) is 0 Å². The van der Waals surface area contributed by atoms with E-state index in [-0.39, 0.29) is 12.5 Å². The molecule has 0 saturated heterocycles. The largest absolute Gasteiger partial charge is 0.384 e. The van der Waals surface area contributed by atoms with Gasteiger partial charge in [-0.25, -0.2) is 4.98 Å². The Morgan fingerprint density at radius 3 is 3.00 bits per heavy atom. The van der Waals surface area contributed by atoms with Gasteiger partial charge >= 0.3 is 0 Å². The molecule has 0 aromatic carbocycles. The molecule has 1 aromatic rings. The molecule has 1 aliphatic rings. The van der Waals surface area contributed by atoms with Crippen molar-refractivity contribution in [1.82, 2.24) is 10.3 Å². The number of carbonyl (C=O) groups excluding carboxylic acids is 1. The number of hydrogen-bond donors (Lipinski definition) is 2. The molecule has 4 nitrogen and oxygen atoms in total. The molecule has 0 radical (unpaired) electrons. The Labute approximate surface area is 119 Å². The first-order valence-electron chi connectivity index (χ1n) is 7.04. The fourth-order valence-corrected chi connectivity index (χ4v) is 2.40. The van der Waals surface area contributed by atoms with Crippen LogP contribution in [0.4, 0.5) is 0 Å². The third kappa shape index (κ3) is 3.58. The molecule has 0 unspecified atom stereocenters. The lowest BCUT2D eigenvalue weighted by Gasteiger charge is -2.14. The van der Waals surface area contributed by atoms with E-state index >= 15 is 0 Å². The van der Waals surface area contributed by atoms with E-state index in [1.165, 1.54) is 12.8 Å². The van der Waals surface area contributed by atoms with E-state index in [0.717, 1.165) is 12.8 Å². The number of aliphatic hydroxyl groups is 1. The van der Waals surface area contributed by atoms with Gasteiger partial charge in [0, 0.05) is 12.7 Å². The molecule has 1 aromatic heterocycles. The Kier molecular flexibility index (Phi) is 4.75. The maximum Gasteiger partial charge on any atom is 0.271 e. The van der Waals surface area contributed by atoms with Gasteiger partial charge in [0.25, 0.3) is 5.91 Å². The summed E-state index contributed by atoms with van der Waals surface area (Å²) in [6.07, 6.45) is 6.28. The first-order valence-corrected chi connectivity index (χ1v) is 7.04. The first-order chi connectivity index (χ1) is 9.71. The summed E-state index contributed by atoms with van der Waals surface area (Å²) in [5, 5.41) is 11.7. The number of rotatable bonds is 5. The maximum atomic E-state index is 12.2. The zero-order valence-electron chi connectivity index (χ0n) is 11.8. The van der Waals surface area contributed by atoms with E-state index in [4.69, 9.17) is 5.11 Å². The summed E-state index contributed by atoms with van der Waals surface area (Å²) in [7, 11) is 0. The average Bonchev–Trinajstić information content (AvgIpc) is 3.23. The third-order valence-electron chi connectivity index (χ3n) is 3.69. The van der Waals surface area contributed by atoms with Crippen molar-refractivity contribution in [2.75, 3.05) is 13.2 Å². The van der Waals surface area contributed by atoms with Gasteiger partial charge in [-0.15, -0.1) is 0 Å². The van der Waals surface area contributed by atoms with E-state index in [2.05, 4.69) is 29.1 Å². The van der Waals surface area contributed by atoms with Crippen molar-refractivity contribution in [3.63, 3.8) is 0 Å². The summed E-state index contributed by atoms with van der Waals surface area (Å²) in [6, 6.07) is 3.47. The van der Waals surface area contributed by atoms with Gasteiger partial charge in [-0.05, 0) is 36.8 Å². The summed E-state index contributed by atoms with van der Waals surface area (Å²) < 4.78 is 0. The lowest BCUT2D eigenvalue weighted by atomic mass is 10.0. The number of hydrogen-bond acceptors (Lipinski definition) is 3. The Bertz CT molecular complexity index is 539. The smallest absolute Gasteiger partial charge is 0.271 e. The zero-order chi connectivity index (χ0) is 14.4. The van der Waals surface area contributed by atoms with Crippen molar-refractivity contribution in [1.29, 1.82) is 0 Å². The van der Waals surface area contributed by atoms with Crippen molar-refractivity contribution < 1.29 is 9.90 Å². The van der Waals surface area contributed by atoms with E-state index in [0.29, 0.717) is 23.2 Å². The zero-order valence-corrected chi connectivity index (χ0v) is 11.8. The van der Waals surface area contributed by atoms with E-state index in [9.17, 15) is 4.79 Å². The summed E-state index contributed by atoms with van der Waals surface area (Å²) in [6.45, 7) is 2.65. The third-order valence-corrected chi connectivity index (χ3v) is 3.69. The van der Waals surface area contributed by atoms with Gasteiger partial charge in [0.1, 0.15) is 12.3 Å². The Balaban J connectivity index is 2.02. The predicted octanol–water partition coefficient (Wildman–Crippen LogP) is 1.74. The lowest BCUT2D eigenvalue weighted by molar-refractivity contribution is 0.0938. The van der Waals surface area contributed by atoms with Crippen LogP contribution in [0.2, 0.25) is 0 Å². The Morgan fingerprint density at radius 1 is 1.55 bits per heavy atom. The van der Waals surface area contributed by atoms with Gasteiger partial charge in [-0.1, -0.05) is 25.2 Å². The molecular formula is C16H20N2O2. The van der Waals surface area contributed by atoms with Crippen molar-refractivity contribution in [2.45, 2.75) is 32.6 Å². The lowest BCUT2D eigenvalue weighted by Crippen LogP contribution is -2.31. The SMILES string of the molecule is CCCC1(CNC(=O)c2ncccc2C#CCO)CC1. The molecule has 1 aliphatic carbocycles. The highest BCUT2D eigenvalue weighted by Crippen LogP contribution is 2.48. The molecule has 0 atom stereocenters. The van der Waals surface area contributed by atoms with Crippen LogP contribution in [0.3, 0.4) is 0 Å². The summed E-state index contributed by atoms with van der Waals surface area (Å²) in [5.41, 5.74) is 1.20. The molecule has 1 saturated carbocycles. The highest BCUT2D eigenvalue weighted by Gasteiger charge is 2.41. The van der Waals surface area contributed by atoms with Gasteiger partial charge in [-0.2, -0.15) is 0 Å². The molecule has 2 rings (SSSR count). The van der Waals surface area contributed by atoms with Gasteiger partial charge in [0.05, 0.1) is 5.56 Å². The molecule has 4 heteroatoms. The van der Waals surface area contributed by atoms with Crippen LogP contribution in [0.1, 0.15) is 48.7 Å². The molecule has 1 fully saturated rings. The quantitative estimate of drug-likeness (QED) is 0.803. The minimum atomic E-state index is -0.227. The summed E-state index contributed by atoms with van der Waals surface area (Å²) >= 11 is 0. The predicted molar refractivity (Wildman–Crippen MR) is 77.1 cm³/mol. The van der Waals surface area contributed by atoms with Gasteiger partial charge in [-0.3, -0.25) is 4.79 Å². The molecule has 1 heterocycles. The number of nitrogens with zero attached hydrogens (tertiary/aromatic N) is 1. The van der Waals surface area contributed by atoms with E-state index in [1.54, 1.807) is 18.3 Å². The standard InChI is InChI=1S/C16H20N2O2/c1-2-7-16(8-9-16)12-18-15(20)14-13(6-4-11-19)5-3-10-17-14/h3,5,10,19H,2,7-9,11-12H2,1H3,(H,18,20). The minimum Gasteiger partial charge on any atom is -0.384 e. The second kappa shape index (κ2) is 6.53. The molecule has 0 bridgehead atoms. The number of nitrogens with one attached hydrogen (secondary N) is 1. The first kappa shape index (κ1) is 14.5. The molecule has 0 spiro atoms. The monoisotopic (exact) mass is 272 g/mol. The maximum absolute atomic E-state index is 12.2. The molecule has 1 amide bonds. The topological polar surface area (TPSA) is 62.2 Å². The molecule has 2 N–H and O–H groups in total. The van der Waals surface area contributed by atoms with Crippen LogP contribution in [0.25, 0.3) is 0 Å². The number of carbonyl (C=O) groups is 1. The van der Waals surface area contributed by atoms with Crippen molar-refractivity contribution in [3.8, 4) is 11.8 Å². The van der Waals surface area contributed by atoms with Crippen molar-refractivity contribution in [3.05, 3.63) is 29.6 Å². The van der Waals surface area contributed by atoms with Crippen molar-refractivity contribution in [2.24, 2.45) is 5.41 Å². The van der Waals surface area contributed by atoms with Crippen LogP contribution in [0, 0.1) is 17.3 Å². The van der Waals surface area contributed by atoms with Gasteiger partial charge < -0.3 is 10.4 Å². The highest BCUT2D eigenvalue weighted by atomic mass is 16.2. The summed E-state index contributed by atoms with van der Waals surface area (Å²) in [5.74, 6) is 5.12. The normalized spacial score (nSPS) is 15.1. The summed E-state index contributed by atoms with van der Waals surface area (Å²) in [4.78, 5) is 16.3. The molecule has 106 valence electrons. The molecule has 0 aliphatic heterocycles. The minimum absolute atomic E-state index is 0.185. The van der Waals surface area contributed by atoms with Crippen LogP contribution < -0.4 is 5.32 Å². The van der Waals surface area contributed by atoms with Crippen LogP contribution in [-0.4, -0.2) is 29.1 Å². The molecule has 20 heavy (non-hydrogen) atoms. The Morgan fingerprint density at radius 2 is 2.35 bits per heavy atom. The Hall–Kier alpha value is -1.86. The number of pyridine rings is 1. The average molecular weight is 272 g/mol. The number of aliphatic hydroxyl groups excluding tert-OH is 1.